The van der Waals surface area contributed by atoms with Crippen molar-refractivity contribution in [1.82, 2.24) is 14.8 Å². The number of nitrogens with zero attached hydrogens (tertiary/aromatic N) is 2. The highest BCUT2D eigenvalue weighted by atomic mass is 35.5. The van der Waals surface area contributed by atoms with Gasteiger partial charge in [-0.1, -0.05) is 17.7 Å². The number of aliphatic hydroxyl groups is 1. The van der Waals surface area contributed by atoms with Gasteiger partial charge in [-0.15, -0.1) is 5.10 Å². The molecule has 0 bridgehead atoms. The van der Waals surface area contributed by atoms with Crippen molar-refractivity contribution in [3.8, 4) is 0 Å². The zero-order chi connectivity index (χ0) is 14.3. The molecule has 1 aromatic heterocycles. The fourth-order valence-corrected chi connectivity index (χ4v) is 3.19. The molecular weight excluding hydrogens is 298 g/mol. The van der Waals surface area contributed by atoms with Crippen molar-refractivity contribution in [2.45, 2.75) is 42.0 Å². The van der Waals surface area contributed by atoms with E-state index in [9.17, 15) is 9.90 Å². The molecule has 20 heavy (non-hydrogen) atoms. The molecule has 5 nitrogen and oxygen atoms in total. The van der Waals surface area contributed by atoms with Crippen molar-refractivity contribution < 1.29 is 5.11 Å². The van der Waals surface area contributed by atoms with Gasteiger partial charge in [0, 0.05) is 10.9 Å². The van der Waals surface area contributed by atoms with Crippen LogP contribution >= 0.6 is 23.4 Å². The Hall–Kier alpha value is -1.24. The van der Waals surface area contributed by atoms with E-state index < -0.39 is 6.10 Å². The first-order chi connectivity index (χ1) is 9.56. The zero-order valence-electron chi connectivity index (χ0n) is 10.8. The Morgan fingerprint density at radius 3 is 2.90 bits per heavy atom. The van der Waals surface area contributed by atoms with Crippen LogP contribution in [0.15, 0.2) is 33.0 Å². The minimum atomic E-state index is -0.554. The van der Waals surface area contributed by atoms with Crippen LogP contribution in [0.25, 0.3) is 0 Å². The van der Waals surface area contributed by atoms with Gasteiger partial charge in [0.05, 0.1) is 11.1 Å². The lowest BCUT2D eigenvalue weighted by Crippen LogP contribution is -2.16. The van der Waals surface area contributed by atoms with E-state index in [2.05, 4.69) is 10.2 Å². The van der Waals surface area contributed by atoms with E-state index in [0.29, 0.717) is 10.2 Å². The minimum Gasteiger partial charge on any atom is -0.389 e. The van der Waals surface area contributed by atoms with Crippen molar-refractivity contribution in [1.29, 1.82) is 0 Å². The average Bonchev–Trinajstić information content (AvgIpc) is 3.17. The third-order valence-corrected chi connectivity index (χ3v) is 4.69. The number of hydrogen-bond acceptors (Lipinski definition) is 4. The van der Waals surface area contributed by atoms with Crippen molar-refractivity contribution in [3.63, 3.8) is 0 Å². The Balaban J connectivity index is 1.90. The van der Waals surface area contributed by atoms with Crippen LogP contribution in [0, 0.1) is 0 Å². The highest BCUT2D eigenvalue weighted by Gasteiger charge is 2.29. The van der Waals surface area contributed by atoms with Gasteiger partial charge in [-0.05, 0) is 49.2 Å². The van der Waals surface area contributed by atoms with Crippen molar-refractivity contribution in [3.05, 3.63) is 39.3 Å². The number of aliphatic hydroxyl groups excluding tert-OH is 1. The summed E-state index contributed by atoms with van der Waals surface area (Å²) in [4.78, 5) is 12.5. The zero-order valence-corrected chi connectivity index (χ0v) is 12.4. The molecule has 1 aliphatic carbocycles. The fourth-order valence-electron chi connectivity index (χ4n) is 1.98. The molecular formula is C13H14ClN3O2S. The molecule has 0 spiro atoms. The normalized spacial score (nSPS) is 16.4. The van der Waals surface area contributed by atoms with Gasteiger partial charge < -0.3 is 5.11 Å². The Bertz CT molecular complexity index is 691. The molecule has 0 radical (unpaired) electrons. The summed E-state index contributed by atoms with van der Waals surface area (Å²) < 4.78 is 1.68. The maximum absolute atomic E-state index is 11.7. The summed E-state index contributed by atoms with van der Waals surface area (Å²) in [7, 11) is 0. The molecule has 1 saturated carbocycles. The quantitative estimate of drug-likeness (QED) is 0.911. The van der Waals surface area contributed by atoms with Gasteiger partial charge in [0.2, 0.25) is 0 Å². The highest BCUT2D eigenvalue weighted by Crippen LogP contribution is 2.39. The summed E-state index contributed by atoms with van der Waals surface area (Å²) in [6.45, 7) is 1.69. The molecule has 2 aromatic rings. The van der Waals surface area contributed by atoms with E-state index in [-0.39, 0.29) is 11.7 Å². The summed E-state index contributed by atoms with van der Waals surface area (Å²) in [6, 6.07) is 5.66. The van der Waals surface area contributed by atoms with Gasteiger partial charge in [0.1, 0.15) is 0 Å². The van der Waals surface area contributed by atoms with Crippen molar-refractivity contribution >= 4 is 23.4 Å². The number of nitrogens with one attached hydrogen (secondary N) is 1. The number of benzene rings is 1. The van der Waals surface area contributed by atoms with E-state index >= 15 is 0 Å². The second kappa shape index (κ2) is 5.27. The van der Waals surface area contributed by atoms with E-state index in [1.807, 2.05) is 12.1 Å². The average molecular weight is 312 g/mol. The molecule has 1 fully saturated rings. The van der Waals surface area contributed by atoms with Gasteiger partial charge in [-0.2, -0.15) is 0 Å². The third kappa shape index (κ3) is 2.63. The number of aromatic nitrogens is 3. The summed E-state index contributed by atoms with van der Waals surface area (Å²) in [6.07, 6.45) is 1.48. The third-order valence-electron chi connectivity index (χ3n) is 3.22. The first kappa shape index (κ1) is 13.7. The Kier molecular flexibility index (Phi) is 3.62. The van der Waals surface area contributed by atoms with E-state index in [1.54, 1.807) is 17.6 Å². The van der Waals surface area contributed by atoms with Crippen LogP contribution in [0.1, 0.15) is 37.5 Å². The molecule has 1 aliphatic rings. The highest BCUT2D eigenvalue weighted by molar-refractivity contribution is 7.99. The first-order valence-corrected chi connectivity index (χ1v) is 7.58. The number of hydrogen-bond donors (Lipinski definition) is 2. The van der Waals surface area contributed by atoms with Gasteiger partial charge in [-0.3, -0.25) is 4.57 Å². The SMILES string of the molecule is C[C@H](O)c1ccc(Sc2n[nH]c(=O)n2C2CC2)c(Cl)c1. The number of rotatable bonds is 4. The fraction of sp³-hybridized carbons (Fsp3) is 0.385. The Labute approximate surface area is 125 Å². The molecule has 3 rings (SSSR count). The second-order valence-electron chi connectivity index (χ2n) is 4.88. The van der Waals surface area contributed by atoms with E-state index in [1.165, 1.54) is 11.8 Å². The predicted octanol–water partition coefficient (Wildman–Crippen LogP) is 2.76. The van der Waals surface area contributed by atoms with Gasteiger partial charge in [0.15, 0.2) is 5.16 Å². The largest absolute Gasteiger partial charge is 0.389 e. The molecule has 2 N–H and O–H groups in total. The molecule has 0 aliphatic heterocycles. The maximum atomic E-state index is 11.7. The monoisotopic (exact) mass is 311 g/mol. The Morgan fingerprint density at radius 1 is 1.55 bits per heavy atom. The van der Waals surface area contributed by atoms with Crippen LogP contribution in [0.5, 0.6) is 0 Å². The van der Waals surface area contributed by atoms with Gasteiger partial charge in [0.25, 0.3) is 0 Å². The molecule has 106 valence electrons. The standard InChI is InChI=1S/C13H14ClN3O2S/c1-7(18)8-2-5-11(10(14)6-8)20-13-16-15-12(19)17(13)9-3-4-9/h2,5-7,9,18H,3-4H2,1H3,(H,15,19)/t7-/m0/s1. The number of halogens is 1. The summed E-state index contributed by atoms with van der Waals surface area (Å²) in [5.41, 5.74) is 0.590. The molecule has 1 atom stereocenters. The molecule has 1 aromatic carbocycles. The van der Waals surface area contributed by atoms with Crippen LogP contribution in [0.3, 0.4) is 0 Å². The van der Waals surface area contributed by atoms with Crippen molar-refractivity contribution in [2.24, 2.45) is 0 Å². The van der Waals surface area contributed by atoms with E-state index in [4.69, 9.17) is 11.6 Å². The summed E-state index contributed by atoms with van der Waals surface area (Å²) in [5, 5.41) is 17.2. The number of aromatic amines is 1. The molecule has 0 amide bonds. The van der Waals surface area contributed by atoms with Crippen LogP contribution in [-0.4, -0.2) is 19.9 Å². The lowest BCUT2D eigenvalue weighted by atomic mass is 10.1. The second-order valence-corrected chi connectivity index (χ2v) is 6.30. The molecule has 1 heterocycles. The lowest BCUT2D eigenvalue weighted by Gasteiger charge is -2.09. The van der Waals surface area contributed by atoms with Crippen molar-refractivity contribution in [2.75, 3.05) is 0 Å². The number of H-pyrrole nitrogens is 1. The maximum Gasteiger partial charge on any atom is 0.344 e. The lowest BCUT2D eigenvalue weighted by molar-refractivity contribution is 0.199. The first-order valence-electron chi connectivity index (χ1n) is 6.38. The molecule has 7 heteroatoms. The minimum absolute atomic E-state index is 0.174. The van der Waals surface area contributed by atoms with Crippen LogP contribution in [0.2, 0.25) is 5.02 Å². The summed E-state index contributed by atoms with van der Waals surface area (Å²) in [5.74, 6) is 0. The van der Waals surface area contributed by atoms with Crippen LogP contribution in [-0.2, 0) is 0 Å². The van der Waals surface area contributed by atoms with Crippen LogP contribution < -0.4 is 5.69 Å². The van der Waals surface area contributed by atoms with Crippen LogP contribution in [0.4, 0.5) is 0 Å². The summed E-state index contributed by atoms with van der Waals surface area (Å²) >= 11 is 7.58. The van der Waals surface area contributed by atoms with Gasteiger partial charge >= 0.3 is 5.69 Å². The van der Waals surface area contributed by atoms with E-state index in [0.717, 1.165) is 23.3 Å². The molecule has 0 unspecified atom stereocenters. The smallest absolute Gasteiger partial charge is 0.344 e. The Morgan fingerprint density at radius 2 is 2.30 bits per heavy atom. The van der Waals surface area contributed by atoms with Gasteiger partial charge in [-0.25, -0.2) is 9.89 Å². The molecule has 0 saturated heterocycles. The topological polar surface area (TPSA) is 70.9 Å². The predicted molar refractivity (Wildman–Crippen MR) is 77.3 cm³/mol.